The van der Waals surface area contributed by atoms with Gasteiger partial charge in [0.1, 0.15) is 0 Å². The van der Waals surface area contributed by atoms with Gasteiger partial charge < -0.3 is 5.32 Å². The van der Waals surface area contributed by atoms with Crippen molar-refractivity contribution in [2.75, 3.05) is 11.3 Å². The predicted octanol–water partition coefficient (Wildman–Crippen LogP) is 1.88. The Balaban J connectivity index is 2.19. The number of aromatic amines is 1. The summed E-state index contributed by atoms with van der Waals surface area (Å²) in [5.41, 5.74) is 2.32. The van der Waals surface area contributed by atoms with Gasteiger partial charge in [-0.15, -0.1) is 0 Å². The summed E-state index contributed by atoms with van der Waals surface area (Å²) in [5, 5.41) is 9.57. The van der Waals surface area contributed by atoms with Gasteiger partial charge in [0.25, 0.3) is 10.0 Å². The molecule has 2 rings (SSSR count). The van der Waals surface area contributed by atoms with Crippen molar-refractivity contribution in [1.82, 2.24) is 15.5 Å². The van der Waals surface area contributed by atoms with Crippen molar-refractivity contribution in [2.45, 2.75) is 31.8 Å². The highest BCUT2D eigenvalue weighted by Gasteiger charge is 2.20. The second-order valence-electron chi connectivity index (χ2n) is 4.66. The van der Waals surface area contributed by atoms with Crippen LogP contribution in [0.25, 0.3) is 0 Å². The molecule has 0 spiro atoms. The minimum absolute atomic E-state index is 0.100. The van der Waals surface area contributed by atoms with Gasteiger partial charge in [-0.05, 0) is 30.7 Å². The lowest BCUT2D eigenvalue weighted by Crippen LogP contribution is -2.18. The zero-order valence-corrected chi connectivity index (χ0v) is 13.0. The van der Waals surface area contributed by atoms with Gasteiger partial charge >= 0.3 is 0 Å². The molecule has 6 nitrogen and oxygen atoms in total. The van der Waals surface area contributed by atoms with E-state index in [1.54, 1.807) is 12.1 Å². The molecule has 0 radical (unpaired) electrons. The summed E-state index contributed by atoms with van der Waals surface area (Å²) in [6, 6.07) is 7.34. The Hall–Kier alpha value is -1.86. The number of nitrogens with zero attached hydrogens (tertiary/aromatic N) is 1. The number of aryl methyl sites for hydroxylation is 1. The predicted molar refractivity (Wildman–Crippen MR) is 82.6 cm³/mol. The number of sulfonamides is 1. The quantitative estimate of drug-likeness (QED) is 0.729. The standard InChI is InChI=1S/C14H20N4O2S/c1-3-11-5-7-13(8-6-11)18-21(19,20)14-12(9-15-4-2)10-16-17-14/h5-8,10,15,18H,3-4,9H2,1-2H3,(H,16,17). The van der Waals surface area contributed by atoms with E-state index in [1.807, 2.05) is 19.1 Å². The average Bonchev–Trinajstić information content (AvgIpc) is 2.95. The van der Waals surface area contributed by atoms with Crippen LogP contribution in [0.5, 0.6) is 0 Å². The maximum absolute atomic E-state index is 12.4. The lowest BCUT2D eigenvalue weighted by Gasteiger charge is -2.09. The summed E-state index contributed by atoms with van der Waals surface area (Å²) in [6.07, 6.45) is 2.44. The molecule has 21 heavy (non-hydrogen) atoms. The first-order chi connectivity index (χ1) is 10.1. The highest BCUT2D eigenvalue weighted by atomic mass is 32.2. The van der Waals surface area contributed by atoms with Crippen LogP contribution in [-0.2, 0) is 23.0 Å². The normalized spacial score (nSPS) is 11.5. The first-order valence-corrected chi connectivity index (χ1v) is 8.40. The van der Waals surface area contributed by atoms with E-state index in [1.165, 1.54) is 6.20 Å². The fraction of sp³-hybridized carbons (Fsp3) is 0.357. The number of hydrogen-bond donors (Lipinski definition) is 3. The summed E-state index contributed by atoms with van der Waals surface area (Å²) < 4.78 is 27.3. The molecular weight excluding hydrogens is 288 g/mol. The number of nitrogens with one attached hydrogen (secondary N) is 3. The maximum atomic E-state index is 12.4. The van der Waals surface area contributed by atoms with Gasteiger partial charge in [0.15, 0.2) is 5.03 Å². The van der Waals surface area contributed by atoms with Crippen LogP contribution in [0.4, 0.5) is 5.69 Å². The maximum Gasteiger partial charge on any atom is 0.279 e. The third kappa shape index (κ3) is 3.83. The summed E-state index contributed by atoms with van der Waals surface area (Å²) in [5.74, 6) is 0. The third-order valence-electron chi connectivity index (χ3n) is 3.13. The molecule has 1 heterocycles. The van der Waals surface area contributed by atoms with Crippen LogP contribution in [0.15, 0.2) is 35.5 Å². The highest BCUT2D eigenvalue weighted by Crippen LogP contribution is 2.18. The van der Waals surface area contributed by atoms with Crippen LogP contribution in [0.2, 0.25) is 0 Å². The molecule has 0 unspecified atom stereocenters. The number of rotatable bonds is 7. The van der Waals surface area contributed by atoms with E-state index in [0.717, 1.165) is 18.5 Å². The van der Waals surface area contributed by atoms with Crippen molar-refractivity contribution in [3.63, 3.8) is 0 Å². The fourth-order valence-electron chi connectivity index (χ4n) is 1.93. The number of benzene rings is 1. The lowest BCUT2D eigenvalue weighted by molar-refractivity contribution is 0.594. The molecule has 0 aliphatic rings. The zero-order valence-electron chi connectivity index (χ0n) is 12.2. The van der Waals surface area contributed by atoms with E-state index >= 15 is 0 Å². The molecule has 0 fully saturated rings. The van der Waals surface area contributed by atoms with Gasteiger partial charge in [0.05, 0.1) is 6.20 Å². The van der Waals surface area contributed by atoms with E-state index in [-0.39, 0.29) is 5.03 Å². The Bertz CT molecular complexity index is 677. The number of H-pyrrole nitrogens is 1. The van der Waals surface area contributed by atoms with Crippen molar-refractivity contribution >= 4 is 15.7 Å². The molecule has 1 aromatic heterocycles. The molecular formula is C14H20N4O2S. The molecule has 0 aliphatic heterocycles. The fourth-order valence-corrected chi connectivity index (χ4v) is 3.12. The molecule has 0 saturated carbocycles. The first-order valence-electron chi connectivity index (χ1n) is 6.91. The number of hydrogen-bond acceptors (Lipinski definition) is 4. The van der Waals surface area contributed by atoms with Crippen LogP contribution >= 0.6 is 0 Å². The summed E-state index contributed by atoms with van der Waals surface area (Å²) in [4.78, 5) is 0. The van der Waals surface area contributed by atoms with Gasteiger partial charge in [0, 0.05) is 17.8 Å². The Labute approximate surface area is 125 Å². The number of aromatic nitrogens is 2. The van der Waals surface area contributed by atoms with Crippen LogP contribution in [0, 0.1) is 0 Å². The van der Waals surface area contributed by atoms with E-state index < -0.39 is 10.0 Å². The summed E-state index contributed by atoms with van der Waals surface area (Å²) in [6.45, 7) is 5.23. The van der Waals surface area contributed by atoms with Gasteiger partial charge in [-0.2, -0.15) is 13.5 Å². The average molecular weight is 308 g/mol. The summed E-state index contributed by atoms with van der Waals surface area (Å²) in [7, 11) is -3.66. The molecule has 114 valence electrons. The monoisotopic (exact) mass is 308 g/mol. The second-order valence-corrected chi connectivity index (χ2v) is 6.28. The van der Waals surface area contributed by atoms with E-state index in [0.29, 0.717) is 17.8 Å². The molecule has 2 aromatic rings. The van der Waals surface area contributed by atoms with Crippen molar-refractivity contribution in [3.05, 3.63) is 41.6 Å². The second kappa shape index (κ2) is 6.73. The Morgan fingerprint density at radius 2 is 1.90 bits per heavy atom. The molecule has 7 heteroatoms. The van der Waals surface area contributed by atoms with Crippen molar-refractivity contribution < 1.29 is 8.42 Å². The van der Waals surface area contributed by atoms with Crippen molar-refractivity contribution in [2.24, 2.45) is 0 Å². The van der Waals surface area contributed by atoms with Crippen molar-refractivity contribution in [3.8, 4) is 0 Å². The van der Waals surface area contributed by atoms with Gasteiger partial charge in [-0.1, -0.05) is 26.0 Å². The Morgan fingerprint density at radius 1 is 1.19 bits per heavy atom. The number of anilines is 1. The van der Waals surface area contributed by atoms with Crippen LogP contribution in [0.1, 0.15) is 25.0 Å². The van der Waals surface area contributed by atoms with E-state index in [9.17, 15) is 8.42 Å². The van der Waals surface area contributed by atoms with Gasteiger partial charge in [-0.3, -0.25) is 9.82 Å². The topological polar surface area (TPSA) is 86.9 Å². The van der Waals surface area contributed by atoms with Crippen molar-refractivity contribution in [1.29, 1.82) is 0 Å². The van der Waals surface area contributed by atoms with Gasteiger partial charge in [-0.25, -0.2) is 0 Å². The van der Waals surface area contributed by atoms with E-state index in [4.69, 9.17) is 0 Å². The van der Waals surface area contributed by atoms with Crippen LogP contribution < -0.4 is 10.0 Å². The smallest absolute Gasteiger partial charge is 0.279 e. The molecule has 0 bridgehead atoms. The molecule has 0 amide bonds. The lowest BCUT2D eigenvalue weighted by atomic mass is 10.2. The highest BCUT2D eigenvalue weighted by molar-refractivity contribution is 7.92. The molecule has 3 N–H and O–H groups in total. The van der Waals surface area contributed by atoms with E-state index in [2.05, 4.69) is 27.2 Å². The van der Waals surface area contributed by atoms with Gasteiger partial charge in [0.2, 0.25) is 0 Å². The Morgan fingerprint density at radius 3 is 2.52 bits per heavy atom. The zero-order chi connectivity index (χ0) is 15.3. The van der Waals surface area contributed by atoms with Crippen LogP contribution in [-0.4, -0.2) is 25.2 Å². The molecule has 0 saturated heterocycles. The minimum atomic E-state index is -3.66. The summed E-state index contributed by atoms with van der Waals surface area (Å²) >= 11 is 0. The first kappa shape index (κ1) is 15.5. The minimum Gasteiger partial charge on any atom is -0.313 e. The molecule has 1 aromatic carbocycles. The largest absolute Gasteiger partial charge is 0.313 e. The third-order valence-corrected chi connectivity index (χ3v) is 4.52. The SMILES string of the molecule is CCNCc1cn[nH]c1S(=O)(=O)Nc1ccc(CC)cc1. The Kier molecular flexibility index (Phi) is 4.98. The van der Waals surface area contributed by atoms with Crippen LogP contribution in [0.3, 0.4) is 0 Å². The molecule has 0 aliphatic carbocycles. The molecule has 0 atom stereocenters.